The quantitative estimate of drug-likeness (QED) is 0.569. The van der Waals surface area contributed by atoms with Crippen molar-refractivity contribution in [1.29, 1.82) is 0 Å². The molecule has 1 aromatic carbocycles. The Kier molecular flexibility index (Phi) is 5.73. The Morgan fingerprint density at radius 3 is 2.95 bits per heavy atom. The highest BCUT2D eigenvalue weighted by atomic mass is 32.2. The van der Waals surface area contributed by atoms with Crippen molar-refractivity contribution in [2.75, 3.05) is 12.3 Å². The maximum absolute atomic E-state index is 4.57. The highest BCUT2D eigenvalue weighted by Crippen LogP contribution is 2.20. The number of nitrogens with zero attached hydrogens (tertiary/aromatic N) is 1. The number of aromatic amines is 1. The number of para-hydroxylation sites is 2. The number of hydrogen-bond acceptors (Lipinski definition) is 3. The Morgan fingerprint density at radius 2 is 2.16 bits per heavy atom. The van der Waals surface area contributed by atoms with E-state index in [1.807, 2.05) is 30.0 Å². The third-order valence-electron chi connectivity index (χ3n) is 3.19. The molecule has 19 heavy (non-hydrogen) atoms. The molecule has 0 fully saturated rings. The zero-order valence-electron chi connectivity index (χ0n) is 11.8. The molecule has 0 aliphatic carbocycles. The molecule has 1 heterocycles. The molecule has 2 N–H and O–H groups in total. The number of hydrogen-bond donors (Lipinski definition) is 2. The zero-order chi connectivity index (χ0) is 13.5. The van der Waals surface area contributed by atoms with Crippen molar-refractivity contribution in [1.82, 2.24) is 15.3 Å². The van der Waals surface area contributed by atoms with Crippen LogP contribution in [-0.4, -0.2) is 28.3 Å². The van der Waals surface area contributed by atoms with Gasteiger partial charge < -0.3 is 10.3 Å². The van der Waals surface area contributed by atoms with E-state index in [1.54, 1.807) is 0 Å². The van der Waals surface area contributed by atoms with E-state index in [-0.39, 0.29) is 0 Å². The monoisotopic (exact) mass is 277 g/mol. The summed E-state index contributed by atoms with van der Waals surface area (Å²) in [5.41, 5.74) is 2.19. The van der Waals surface area contributed by atoms with Gasteiger partial charge in [-0.15, -0.1) is 0 Å². The molecule has 4 heteroatoms. The normalized spacial score (nSPS) is 12.9. The Morgan fingerprint density at radius 1 is 1.32 bits per heavy atom. The minimum atomic E-state index is 0.640. The van der Waals surface area contributed by atoms with Crippen LogP contribution in [0.5, 0.6) is 0 Å². The van der Waals surface area contributed by atoms with Gasteiger partial charge in [0.25, 0.3) is 0 Å². The molecule has 1 aromatic heterocycles. The summed E-state index contributed by atoms with van der Waals surface area (Å²) in [6.07, 6.45) is 3.79. The summed E-state index contributed by atoms with van der Waals surface area (Å²) in [6, 6.07) is 8.83. The summed E-state index contributed by atoms with van der Waals surface area (Å²) in [6.45, 7) is 5.48. The van der Waals surface area contributed by atoms with Crippen LogP contribution >= 0.6 is 11.8 Å². The fourth-order valence-corrected chi connectivity index (χ4v) is 3.06. The smallest absolute Gasteiger partial charge is 0.166 e. The van der Waals surface area contributed by atoms with Crippen LogP contribution in [0.2, 0.25) is 0 Å². The molecule has 0 aliphatic rings. The summed E-state index contributed by atoms with van der Waals surface area (Å²) < 4.78 is 0. The highest BCUT2D eigenvalue weighted by molar-refractivity contribution is 7.99. The van der Waals surface area contributed by atoms with E-state index >= 15 is 0 Å². The summed E-state index contributed by atoms with van der Waals surface area (Å²) in [5.74, 6) is 1.14. The van der Waals surface area contributed by atoms with Crippen molar-refractivity contribution in [2.45, 2.75) is 44.3 Å². The first-order chi connectivity index (χ1) is 9.29. The van der Waals surface area contributed by atoms with Gasteiger partial charge in [0.15, 0.2) is 5.16 Å². The Balaban J connectivity index is 1.68. The zero-order valence-corrected chi connectivity index (χ0v) is 12.6. The van der Waals surface area contributed by atoms with E-state index in [0.29, 0.717) is 6.04 Å². The van der Waals surface area contributed by atoms with Gasteiger partial charge in [-0.1, -0.05) is 37.2 Å². The average Bonchev–Trinajstić information content (AvgIpc) is 2.81. The van der Waals surface area contributed by atoms with Crippen molar-refractivity contribution in [3.8, 4) is 0 Å². The Bertz CT molecular complexity index is 462. The second-order valence-corrected chi connectivity index (χ2v) is 5.95. The van der Waals surface area contributed by atoms with Gasteiger partial charge in [0, 0.05) is 11.8 Å². The third kappa shape index (κ3) is 4.55. The predicted molar refractivity (Wildman–Crippen MR) is 83.8 cm³/mol. The fraction of sp³-hybridized carbons (Fsp3) is 0.533. The van der Waals surface area contributed by atoms with Crippen molar-refractivity contribution < 1.29 is 0 Å². The molecule has 2 rings (SSSR count). The highest BCUT2D eigenvalue weighted by Gasteiger charge is 2.03. The van der Waals surface area contributed by atoms with Crippen LogP contribution in [0.15, 0.2) is 29.4 Å². The summed E-state index contributed by atoms with van der Waals surface area (Å²) >= 11 is 1.82. The molecule has 0 bridgehead atoms. The minimum absolute atomic E-state index is 0.640. The van der Waals surface area contributed by atoms with Crippen LogP contribution in [0.3, 0.4) is 0 Å². The molecule has 104 valence electrons. The number of aromatic nitrogens is 2. The first kappa shape index (κ1) is 14.4. The second-order valence-electron chi connectivity index (χ2n) is 4.86. The summed E-state index contributed by atoms with van der Waals surface area (Å²) in [5, 5.41) is 4.49. The van der Waals surface area contributed by atoms with Crippen molar-refractivity contribution in [2.24, 2.45) is 0 Å². The standard InChI is InChI=1S/C15H23N3S/c1-3-16-12(2)8-6-7-11-19-15-17-13-9-4-5-10-14(13)18-15/h4-5,9-10,12,16H,3,6-8,11H2,1-2H3,(H,17,18). The number of nitrogens with one attached hydrogen (secondary N) is 2. The molecule has 3 nitrogen and oxygen atoms in total. The number of imidazole rings is 1. The molecule has 2 aromatic rings. The van der Waals surface area contributed by atoms with Crippen molar-refractivity contribution >= 4 is 22.8 Å². The molecular weight excluding hydrogens is 254 g/mol. The first-order valence-electron chi connectivity index (χ1n) is 7.10. The van der Waals surface area contributed by atoms with Crippen LogP contribution in [0.25, 0.3) is 11.0 Å². The van der Waals surface area contributed by atoms with Gasteiger partial charge in [0.2, 0.25) is 0 Å². The predicted octanol–water partition coefficient (Wildman–Crippen LogP) is 3.82. The Labute approximate surface area is 119 Å². The number of unbranched alkanes of at least 4 members (excludes halogenated alkanes) is 1. The number of benzene rings is 1. The van der Waals surface area contributed by atoms with Crippen LogP contribution in [0.1, 0.15) is 33.1 Å². The SMILES string of the molecule is CCNC(C)CCCCSc1nc2ccccc2[nH]1. The van der Waals surface area contributed by atoms with Crippen LogP contribution < -0.4 is 5.32 Å². The lowest BCUT2D eigenvalue weighted by Crippen LogP contribution is -2.25. The van der Waals surface area contributed by atoms with Crippen molar-refractivity contribution in [3.63, 3.8) is 0 Å². The summed E-state index contributed by atoms with van der Waals surface area (Å²) in [4.78, 5) is 7.93. The lowest BCUT2D eigenvalue weighted by Gasteiger charge is -2.11. The third-order valence-corrected chi connectivity index (χ3v) is 4.15. The van der Waals surface area contributed by atoms with Gasteiger partial charge in [-0.2, -0.15) is 0 Å². The maximum atomic E-state index is 4.57. The second kappa shape index (κ2) is 7.56. The molecule has 0 aliphatic heterocycles. The largest absolute Gasteiger partial charge is 0.333 e. The molecule has 0 saturated heterocycles. The van der Waals surface area contributed by atoms with Gasteiger partial charge >= 0.3 is 0 Å². The summed E-state index contributed by atoms with van der Waals surface area (Å²) in [7, 11) is 0. The average molecular weight is 277 g/mol. The van der Waals surface area contributed by atoms with Gasteiger partial charge in [-0.3, -0.25) is 0 Å². The van der Waals surface area contributed by atoms with Crippen LogP contribution in [-0.2, 0) is 0 Å². The molecule has 1 atom stereocenters. The fourth-order valence-electron chi connectivity index (χ4n) is 2.17. The lowest BCUT2D eigenvalue weighted by atomic mass is 10.1. The number of fused-ring (bicyclic) bond motifs is 1. The minimum Gasteiger partial charge on any atom is -0.333 e. The lowest BCUT2D eigenvalue weighted by molar-refractivity contribution is 0.510. The maximum Gasteiger partial charge on any atom is 0.166 e. The van der Waals surface area contributed by atoms with Gasteiger partial charge in [0.05, 0.1) is 11.0 Å². The molecule has 0 radical (unpaired) electrons. The van der Waals surface area contributed by atoms with Gasteiger partial charge in [0.1, 0.15) is 0 Å². The van der Waals surface area contributed by atoms with Crippen LogP contribution in [0, 0.1) is 0 Å². The number of rotatable bonds is 8. The number of H-pyrrole nitrogens is 1. The molecule has 1 unspecified atom stereocenters. The number of thioether (sulfide) groups is 1. The Hall–Kier alpha value is -1.00. The topological polar surface area (TPSA) is 40.7 Å². The van der Waals surface area contributed by atoms with E-state index in [4.69, 9.17) is 0 Å². The van der Waals surface area contributed by atoms with Crippen molar-refractivity contribution in [3.05, 3.63) is 24.3 Å². The van der Waals surface area contributed by atoms with E-state index < -0.39 is 0 Å². The van der Waals surface area contributed by atoms with Crippen LogP contribution in [0.4, 0.5) is 0 Å². The van der Waals surface area contributed by atoms with Gasteiger partial charge in [-0.25, -0.2) is 4.98 Å². The molecule has 0 spiro atoms. The van der Waals surface area contributed by atoms with E-state index in [2.05, 4.69) is 35.2 Å². The molecular formula is C15H23N3S. The molecule has 0 amide bonds. The van der Waals surface area contributed by atoms with Gasteiger partial charge in [-0.05, 0) is 38.4 Å². The van der Waals surface area contributed by atoms with E-state index in [0.717, 1.165) is 28.5 Å². The van der Waals surface area contributed by atoms with E-state index in [9.17, 15) is 0 Å². The molecule has 0 saturated carbocycles. The first-order valence-corrected chi connectivity index (χ1v) is 8.09. The van der Waals surface area contributed by atoms with E-state index in [1.165, 1.54) is 19.3 Å².